The Bertz CT molecular complexity index is 782. The van der Waals surface area contributed by atoms with Crippen LogP contribution in [0.25, 0.3) is 0 Å². The molecule has 2 atom stereocenters. The van der Waals surface area contributed by atoms with Crippen LogP contribution in [0.3, 0.4) is 0 Å². The normalized spacial score (nSPS) is 13.4. The second-order valence-electron chi connectivity index (χ2n) is 5.62. The van der Waals surface area contributed by atoms with Crippen LogP contribution in [0, 0.1) is 6.92 Å². The molecule has 0 spiro atoms. The number of hydrogen-bond donors (Lipinski definition) is 1. The zero-order valence-electron chi connectivity index (χ0n) is 13.6. The van der Waals surface area contributed by atoms with E-state index in [9.17, 15) is 4.79 Å². The second-order valence-corrected chi connectivity index (χ2v) is 5.62. The van der Waals surface area contributed by atoms with Crippen molar-refractivity contribution >= 4 is 5.91 Å². The third-order valence-corrected chi connectivity index (χ3v) is 3.86. The van der Waals surface area contributed by atoms with Crippen molar-refractivity contribution in [2.75, 3.05) is 0 Å². The maximum Gasteiger partial charge on any atom is 0.245 e. The average molecular weight is 325 g/mol. The molecule has 2 aromatic heterocycles. The van der Waals surface area contributed by atoms with Gasteiger partial charge >= 0.3 is 0 Å². The number of nitrogens with one attached hydrogen (secondary N) is 1. The number of rotatable bonds is 6. The number of carbonyl (C=O) groups excluding carboxylic acids is 1. The molecule has 0 saturated heterocycles. The summed E-state index contributed by atoms with van der Waals surface area (Å²) in [5.41, 5.74) is 1.04. The number of aromatic nitrogens is 4. The molecular formula is C17H19N5O2. The summed E-state index contributed by atoms with van der Waals surface area (Å²) in [5.74, 6) is 1.14. The van der Waals surface area contributed by atoms with Gasteiger partial charge in [-0.1, -0.05) is 30.3 Å². The average Bonchev–Trinajstić information content (AvgIpc) is 3.25. The molecule has 0 saturated carbocycles. The van der Waals surface area contributed by atoms with Crippen molar-refractivity contribution in [1.82, 2.24) is 25.5 Å². The van der Waals surface area contributed by atoms with Gasteiger partial charge in [0.05, 0.1) is 12.3 Å². The first-order chi connectivity index (χ1) is 11.6. The van der Waals surface area contributed by atoms with Crippen molar-refractivity contribution in [3.05, 3.63) is 65.9 Å². The molecule has 0 fully saturated rings. The largest absolute Gasteiger partial charge is 0.467 e. The molecule has 24 heavy (non-hydrogen) atoms. The highest BCUT2D eigenvalue weighted by atomic mass is 16.3. The highest BCUT2D eigenvalue weighted by Crippen LogP contribution is 2.18. The SMILES string of the molecule is Cc1nnnn1C(Cc1ccccc1)C(=O)NC(C)c1ccco1. The Morgan fingerprint density at radius 3 is 2.67 bits per heavy atom. The molecule has 0 aliphatic rings. The molecule has 2 unspecified atom stereocenters. The van der Waals surface area contributed by atoms with E-state index in [-0.39, 0.29) is 11.9 Å². The number of furan rings is 1. The highest BCUT2D eigenvalue weighted by molar-refractivity contribution is 5.81. The number of nitrogens with zero attached hydrogens (tertiary/aromatic N) is 4. The summed E-state index contributed by atoms with van der Waals surface area (Å²) >= 11 is 0. The van der Waals surface area contributed by atoms with Gasteiger partial charge in [-0.2, -0.15) is 0 Å². The summed E-state index contributed by atoms with van der Waals surface area (Å²) < 4.78 is 6.90. The number of tetrazole rings is 1. The lowest BCUT2D eigenvalue weighted by molar-refractivity contribution is -0.125. The summed E-state index contributed by atoms with van der Waals surface area (Å²) in [6, 6.07) is 12.7. The molecule has 0 aliphatic carbocycles. The van der Waals surface area contributed by atoms with Gasteiger partial charge in [0.25, 0.3) is 0 Å². The fraction of sp³-hybridized carbons (Fsp3) is 0.294. The first kappa shape index (κ1) is 15.9. The van der Waals surface area contributed by atoms with Gasteiger partial charge in [-0.15, -0.1) is 5.10 Å². The van der Waals surface area contributed by atoms with Crippen molar-refractivity contribution in [2.45, 2.75) is 32.4 Å². The minimum atomic E-state index is -0.528. The third-order valence-electron chi connectivity index (χ3n) is 3.86. The van der Waals surface area contributed by atoms with Crippen LogP contribution in [0.4, 0.5) is 0 Å². The number of carbonyl (C=O) groups is 1. The lowest BCUT2D eigenvalue weighted by Crippen LogP contribution is -2.36. The smallest absolute Gasteiger partial charge is 0.245 e. The predicted octanol–water partition coefficient (Wildman–Crippen LogP) is 2.24. The number of hydrogen-bond acceptors (Lipinski definition) is 5. The summed E-state index contributed by atoms with van der Waals surface area (Å²) in [4.78, 5) is 12.8. The Labute approximate surface area is 139 Å². The number of benzene rings is 1. The van der Waals surface area contributed by atoms with Crippen LogP contribution in [0.15, 0.2) is 53.1 Å². The fourth-order valence-electron chi connectivity index (χ4n) is 2.57. The Hall–Kier alpha value is -2.96. The van der Waals surface area contributed by atoms with Crippen LogP contribution in [-0.2, 0) is 11.2 Å². The van der Waals surface area contributed by atoms with Gasteiger partial charge in [0.2, 0.25) is 5.91 Å². The molecule has 3 aromatic rings. The van der Waals surface area contributed by atoms with E-state index in [1.165, 1.54) is 0 Å². The molecular weight excluding hydrogens is 306 g/mol. The van der Waals surface area contributed by atoms with E-state index < -0.39 is 6.04 Å². The monoisotopic (exact) mass is 325 g/mol. The van der Waals surface area contributed by atoms with E-state index in [0.717, 1.165) is 5.56 Å². The van der Waals surface area contributed by atoms with Crippen LogP contribution in [-0.4, -0.2) is 26.1 Å². The lowest BCUT2D eigenvalue weighted by atomic mass is 10.0. The Morgan fingerprint density at radius 1 is 1.25 bits per heavy atom. The van der Waals surface area contributed by atoms with Gasteiger partial charge in [-0.3, -0.25) is 4.79 Å². The zero-order chi connectivity index (χ0) is 16.9. The minimum Gasteiger partial charge on any atom is -0.467 e. The molecule has 0 aliphatic heterocycles. The number of amides is 1. The fourth-order valence-corrected chi connectivity index (χ4v) is 2.57. The van der Waals surface area contributed by atoms with E-state index in [0.29, 0.717) is 18.0 Å². The molecule has 1 amide bonds. The summed E-state index contributed by atoms with van der Waals surface area (Å²) in [6.07, 6.45) is 2.09. The van der Waals surface area contributed by atoms with Crippen molar-refractivity contribution in [3.63, 3.8) is 0 Å². The van der Waals surface area contributed by atoms with Crippen LogP contribution < -0.4 is 5.32 Å². The van der Waals surface area contributed by atoms with E-state index >= 15 is 0 Å². The van der Waals surface area contributed by atoms with Gasteiger partial charge < -0.3 is 9.73 Å². The maximum atomic E-state index is 12.8. The van der Waals surface area contributed by atoms with Crippen molar-refractivity contribution in [2.24, 2.45) is 0 Å². The Kier molecular flexibility index (Phi) is 4.69. The van der Waals surface area contributed by atoms with Crippen LogP contribution >= 0.6 is 0 Å². The van der Waals surface area contributed by atoms with Gasteiger partial charge in [-0.05, 0) is 42.0 Å². The van der Waals surface area contributed by atoms with Gasteiger partial charge in [0, 0.05) is 6.42 Å². The van der Waals surface area contributed by atoms with E-state index in [2.05, 4.69) is 20.8 Å². The van der Waals surface area contributed by atoms with Crippen molar-refractivity contribution in [1.29, 1.82) is 0 Å². The summed E-state index contributed by atoms with van der Waals surface area (Å²) in [6.45, 7) is 3.66. The maximum absolute atomic E-state index is 12.8. The topological polar surface area (TPSA) is 85.8 Å². The Balaban J connectivity index is 1.81. The van der Waals surface area contributed by atoms with Gasteiger partial charge in [0.1, 0.15) is 17.6 Å². The van der Waals surface area contributed by atoms with E-state index in [4.69, 9.17) is 4.42 Å². The molecule has 0 bridgehead atoms. The van der Waals surface area contributed by atoms with Crippen molar-refractivity contribution in [3.8, 4) is 0 Å². The third kappa shape index (κ3) is 3.51. The molecule has 1 aromatic carbocycles. The molecule has 124 valence electrons. The predicted molar refractivity (Wildman–Crippen MR) is 87.0 cm³/mol. The van der Waals surface area contributed by atoms with E-state index in [1.807, 2.05) is 43.3 Å². The second kappa shape index (κ2) is 7.08. The highest BCUT2D eigenvalue weighted by Gasteiger charge is 2.26. The molecule has 2 heterocycles. The molecule has 7 nitrogen and oxygen atoms in total. The summed E-state index contributed by atoms with van der Waals surface area (Å²) in [5, 5.41) is 14.5. The summed E-state index contributed by atoms with van der Waals surface area (Å²) in [7, 11) is 0. The van der Waals surface area contributed by atoms with Crippen LogP contribution in [0.2, 0.25) is 0 Å². The molecule has 7 heteroatoms. The molecule has 3 rings (SSSR count). The van der Waals surface area contributed by atoms with Crippen LogP contribution in [0.5, 0.6) is 0 Å². The number of aryl methyl sites for hydroxylation is 1. The molecule has 1 N–H and O–H groups in total. The first-order valence-electron chi connectivity index (χ1n) is 7.77. The first-order valence-corrected chi connectivity index (χ1v) is 7.77. The van der Waals surface area contributed by atoms with E-state index in [1.54, 1.807) is 23.9 Å². The quantitative estimate of drug-likeness (QED) is 0.751. The van der Waals surface area contributed by atoms with Gasteiger partial charge in [0.15, 0.2) is 0 Å². The minimum absolute atomic E-state index is 0.154. The van der Waals surface area contributed by atoms with Gasteiger partial charge in [-0.25, -0.2) is 4.68 Å². The van der Waals surface area contributed by atoms with Crippen LogP contribution in [0.1, 0.15) is 36.2 Å². The standard InChI is InChI=1S/C17H19N5O2/c1-12(16-9-6-10-24-16)18-17(23)15(22-13(2)19-20-21-22)11-14-7-4-3-5-8-14/h3-10,12,15H,11H2,1-2H3,(H,18,23). The zero-order valence-corrected chi connectivity index (χ0v) is 13.6. The van der Waals surface area contributed by atoms with Crippen molar-refractivity contribution < 1.29 is 9.21 Å². The lowest BCUT2D eigenvalue weighted by Gasteiger charge is -2.20. The molecule has 0 radical (unpaired) electrons. The Morgan fingerprint density at radius 2 is 2.04 bits per heavy atom.